The van der Waals surface area contributed by atoms with Crippen LogP contribution < -0.4 is 4.90 Å². The Balaban J connectivity index is 1.68. The van der Waals surface area contributed by atoms with E-state index >= 15 is 0 Å². The van der Waals surface area contributed by atoms with Gasteiger partial charge in [-0.3, -0.25) is 9.78 Å². The summed E-state index contributed by atoms with van der Waals surface area (Å²) in [7, 11) is 1.65. The minimum atomic E-state index is -1.00. The molecule has 0 unspecified atom stereocenters. The average Bonchev–Trinajstić information content (AvgIpc) is 2.62. The van der Waals surface area contributed by atoms with Gasteiger partial charge in [0.1, 0.15) is 5.82 Å². The van der Waals surface area contributed by atoms with Gasteiger partial charge >= 0.3 is 0 Å². The molecular weight excluding hydrogens is 308 g/mol. The molecule has 0 saturated carbocycles. The molecule has 0 spiro atoms. The van der Waals surface area contributed by atoms with E-state index in [-0.39, 0.29) is 18.3 Å². The molecule has 1 N–H and O–H groups in total. The zero-order chi connectivity index (χ0) is 17.0. The Bertz CT molecular complexity index is 683. The first-order valence-electron chi connectivity index (χ1n) is 7.83. The molecule has 1 saturated heterocycles. The standard InChI is InChI=1S/C16H20N6O2/c1-21(15(23)14-19-5-3-6-20-14)11-16(24)4-2-9-22(12-16)13-10-17-7-8-18-13/h3,5-8,10,24H,2,4,9,11-12H2,1H3/t16-/m1/s1. The highest BCUT2D eigenvalue weighted by atomic mass is 16.3. The number of carbonyl (C=O) groups excluding carboxylic acids is 1. The summed E-state index contributed by atoms with van der Waals surface area (Å²) in [5.74, 6) is 0.557. The highest BCUT2D eigenvalue weighted by molar-refractivity contribution is 5.90. The second-order valence-electron chi connectivity index (χ2n) is 6.05. The molecule has 1 atom stereocenters. The fourth-order valence-corrected chi connectivity index (χ4v) is 2.99. The van der Waals surface area contributed by atoms with Crippen molar-refractivity contribution < 1.29 is 9.90 Å². The van der Waals surface area contributed by atoms with Crippen LogP contribution in [0.1, 0.15) is 23.5 Å². The number of aliphatic hydroxyl groups is 1. The number of likely N-dealkylation sites (N-methyl/N-ethyl adjacent to an activating group) is 1. The zero-order valence-corrected chi connectivity index (χ0v) is 13.5. The molecule has 1 aliphatic rings. The molecule has 1 fully saturated rings. The van der Waals surface area contributed by atoms with Crippen LogP contribution in [-0.2, 0) is 0 Å². The van der Waals surface area contributed by atoms with Crippen LogP contribution in [0.25, 0.3) is 0 Å². The summed E-state index contributed by atoms with van der Waals surface area (Å²) >= 11 is 0. The number of hydrogen-bond acceptors (Lipinski definition) is 7. The number of nitrogens with zero attached hydrogens (tertiary/aromatic N) is 6. The molecule has 2 aromatic rings. The molecule has 0 radical (unpaired) electrons. The van der Waals surface area contributed by atoms with Crippen molar-refractivity contribution in [3.8, 4) is 0 Å². The van der Waals surface area contributed by atoms with E-state index in [9.17, 15) is 9.90 Å². The summed E-state index contributed by atoms with van der Waals surface area (Å²) in [5.41, 5.74) is -1.00. The average molecular weight is 328 g/mol. The highest BCUT2D eigenvalue weighted by Gasteiger charge is 2.36. The molecule has 0 aliphatic carbocycles. The van der Waals surface area contributed by atoms with Gasteiger partial charge in [-0.15, -0.1) is 0 Å². The van der Waals surface area contributed by atoms with Gasteiger partial charge in [-0.25, -0.2) is 15.0 Å². The minimum Gasteiger partial charge on any atom is -0.386 e. The van der Waals surface area contributed by atoms with Crippen molar-refractivity contribution in [3.05, 3.63) is 42.9 Å². The lowest BCUT2D eigenvalue weighted by molar-refractivity contribution is -0.000448. The maximum absolute atomic E-state index is 12.4. The van der Waals surface area contributed by atoms with E-state index in [2.05, 4.69) is 19.9 Å². The lowest BCUT2D eigenvalue weighted by atomic mass is 9.92. The van der Waals surface area contributed by atoms with Crippen molar-refractivity contribution in [2.24, 2.45) is 0 Å². The van der Waals surface area contributed by atoms with Gasteiger partial charge in [0.05, 0.1) is 18.3 Å². The third-order valence-corrected chi connectivity index (χ3v) is 4.06. The zero-order valence-electron chi connectivity index (χ0n) is 13.5. The Morgan fingerprint density at radius 3 is 2.79 bits per heavy atom. The Morgan fingerprint density at radius 1 is 1.29 bits per heavy atom. The van der Waals surface area contributed by atoms with Gasteiger partial charge in [-0.1, -0.05) is 0 Å². The maximum atomic E-state index is 12.4. The second-order valence-corrected chi connectivity index (χ2v) is 6.05. The van der Waals surface area contributed by atoms with E-state index < -0.39 is 5.60 Å². The van der Waals surface area contributed by atoms with Crippen molar-refractivity contribution >= 4 is 11.7 Å². The van der Waals surface area contributed by atoms with Crippen molar-refractivity contribution in [2.75, 3.05) is 31.6 Å². The molecule has 2 aromatic heterocycles. The molecule has 24 heavy (non-hydrogen) atoms. The van der Waals surface area contributed by atoms with Crippen LogP contribution in [0.4, 0.5) is 5.82 Å². The smallest absolute Gasteiger partial charge is 0.291 e. The van der Waals surface area contributed by atoms with Crippen LogP contribution in [0.15, 0.2) is 37.1 Å². The Labute approximate surface area is 140 Å². The first-order valence-corrected chi connectivity index (χ1v) is 7.83. The fraction of sp³-hybridized carbons (Fsp3) is 0.438. The van der Waals surface area contributed by atoms with Crippen LogP contribution >= 0.6 is 0 Å². The van der Waals surface area contributed by atoms with Crippen molar-refractivity contribution in [1.82, 2.24) is 24.8 Å². The number of anilines is 1. The summed E-state index contributed by atoms with van der Waals surface area (Å²) in [4.78, 5) is 32.1. The number of aromatic nitrogens is 4. The quantitative estimate of drug-likeness (QED) is 0.866. The fourth-order valence-electron chi connectivity index (χ4n) is 2.99. The van der Waals surface area contributed by atoms with Gasteiger partial charge in [-0.2, -0.15) is 0 Å². The minimum absolute atomic E-state index is 0.130. The van der Waals surface area contributed by atoms with Crippen molar-refractivity contribution in [2.45, 2.75) is 18.4 Å². The lowest BCUT2D eigenvalue weighted by Crippen LogP contribution is -2.55. The molecule has 126 valence electrons. The largest absolute Gasteiger partial charge is 0.386 e. The summed E-state index contributed by atoms with van der Waals surface area (Å²) in [5, 5.41) is 10.9. The van der Waals surface area contributed by atoms with Crippen LogP contribution in [0.2, 0.25) is 0 Å². The van der Waals surface area contributed by atoms with Gasteiger partial charge in [0, 0.05) is 44.9 Å². The van der Waals surface area contributed by atoms with Crippen LogP contribution in [0, 0.1) is 0 Å². The monoisotopic (exact) mass is 328 g/mol. The summed E-state index contributed by atoms with van der Waals surface area (Å²) in [6.45, 7) is 1.42. The molecule has 8 heteroatoms. The predicted molar refractivity (Wildman–Crippen MR) is 87.4 cm³/mol. The normalized spacial score (nSPS) is 20.7. The highest BCUT2D eigenvalue weighted by Crippen LogP contribution is 2.25. The van der Waals surface area contributed by atoms with E-state index in [1.165, 1.54) is 17.3 Å². The molecule has 3 heterocycles. The van der Waals surface area contributed by atoms with Gasteiger partial charge in [0.25, 0.3) is 5.91 Å². The Hall–Kier alpha value is -2.61. The van der Waals surface area contributed by atoms with E-state index in [1.54, 1.807) is 31.7 Å². The number of hydrogen-bond donors (Lipinski definition) is 1. The van der Waals surface area contributed by atoms with E-state index in [0.29, 0.717) is 13.0 Å². The van der Waals surface area contributed by atoms with Gasteiger partial charge in [0.2, 0.25) is 5.82 Å². The number of amides is 1. The first kappa shape index (κ1) is 16.3. The summed E-state index contributed by atoms with van der Waals surface area (Å²) < 4.78 is 0. The third-order valence-electron chi connectivity index (χ3n) is 4.06. The van der Waals surface area contributed by atoms with E-state index in [4.69, 9.17) is 0 Å². The number of β-amino-alcohol motifs (C(OH)–C–C–N with tert-alkyl or cyclic N) is 1. The number of carbonyl (C=O) groups is 1. The predicted octanol–water partition coefficient (Wildman–Crippen LogP) is 0.370. The van der Waals surface area contributed by atoms with Crippen LogP contribution in [0.5, 0.6) is 0 Å². The number of rotatable bonds is 4. The molecule has 1 amide bonds. The van der Waals surface area contributed by atoms with Gasteiger partial charge in [-0.05, 0) is 18.9 Å². The van der Waals surface area contributed by atoms with Crippen LogP contribution in [0.3, 0.4) is 0 Å². The van der Waals surface area contributed by atoms with E-state index in [1.807, 2.05) is 4.90 Å². The Kier molecular flexibility index (Phi) is 4.66. The third kappa shape index (κ3) is 3.65. The molecule has 8 nitrogen and oxygen atoms in total. The van der Waals surface area contributed by atoms with Gasteiger partial charge < -0.3 is 14.9 Å². The summed E-state index contributed by atoms with van der Waals surface area (Å²) in [6, 6.07) is 1.66. The Morgan fingerprint density at radius 2 is 2.08 bits per heavy atom. The maximum Gasteiger partial charge on any atom is 0.291 e. The van der Waals surface area contributed by atoms with Gasteiger partial charge in [0.15, 0.2) is 0 Å². The summed E-state index contributed by atoms with van der Waals surface area (Å²) in [6.07, 6.45) is 9.42. The first-order chi connectivity index (χ1) is 11.6. The molecule has 3 rings (SSSR count). The SMILES string of the molecule is CN(C[C@]1(O)CCCN(c2cnccn2)C1)C(=O)c1ncccn1. The van der Waals surface area contributed by atoms with Crippen molar-refractivity contribution in [1.29, 1.82) is 0 Å². The van der Waals surface area contributed by atoms with Crippen LogP contribution in [-0.4, -0.2) is 68.1 Å². The van der Waals surface area contributed by atoms with E-state index in [0.717, 1.165) is 18.8 Å². The molecular formula is C16H20N6O2. The number of piperidine rings is 1. The topological polar surface area (TPSA) is 95.3 Å². The second kappa shape index (κ2) is 6.88. The molecule has 1 aliphatic heterocycles. The van der Waals surface area contributed by atoms with Crippen molar-refractivity contribution in [3.63, 3.8) is 0 Å². The lowest BCUT2D eigenvalue weighted by Gasteiger charge is -2.41. The molecule has 0 bridgehead atoms. The molecule has 0 aromatic carbocycles.